The van der Waals surface area contributed by atoms with E-state index < -0.39 is 6.10 Å². The molecule has 1 aromatic heterocycles. The van der Waals surface area contributed by atoms with Gasteiger partial charge in [0.25, 0.3) is 5.56 Å². The number of pyridine rings is 1. The zero-order valence-electron chi connectivity index (χ0n) is 14.5. The van der Waals surface area contributed by atoms with Crippen molar-refractivity contribution in [3.8, 4) is 0 Å². The van der Waals surface area contributed by atoms with Crippen LogP contribution in [-0.2, 0) is 17.8 Å². The van der Waals surface area contributed by atoms with Gasteiger partial charge in [-0.15, -0.1) is 11.8 Å². The number of rotatable bonds is 8. The first-order valence-corrected chi connectivity index (χ1v) is 9.18. The second-order valence-corrected chi connectivity index (χ2v) is 7.79. The van der Waals surface area contributed by atoms with Crippen molar-refractivity contribution in [3.05, 3.63) is 64.6 Å². The van der Waals surface area contributed by atoms with Gasteiger partial charge in [0.1, 0.15) is 0 Å². The fourth-order valence-corrected chi connectivity index (χ4v) is 3.18. The first kappa shape index (κ1) is 19.3. The van der Waals surface area contributed by atoms with Crippen LogP contribution in [-0.4, -0.2) is 33.5 Å². The third kappa shape index (κ3) is 6.76. The molecule has 25 heavy (non-hydrogen) atoms. The van der Waals surface area contributed by atoms with E-state index in [-0.39, 0.29) is 31.0 Å². The molecular weight excluding hydrogens is 336 g/mol. The largest absolute Gasteiger partial charge is 0.389 e. The Balaban J connectivity index is 1.78. The first-order valence-electron chi connectivity index (χ1n) is 8.30. The minimum Gasteiger partial charge on any atom is -0.389 e. The lowest BCUT2D eigenvalue weighted by Crippen LogP contribution is -2.37. The van der Waals surface area contributed by atoms with Gasteiger partial charge in [0, 0.05) is 29.0 Å². The van der Waals surface area contributed by atoms with Gasteiger partial charge in [-0.1, -0.05) is 32.0 Å². The SMILES string of the molecule is CC(C)Sc1ccc(CC(=O)NC[C@@H](O)Cn2ccccc2=O)cc1. The van der Waals surface area contributed by atoms with Crippen LogP contribution >= 0.6 is 11.8 Å². The van der Waals surface area contributed by atoms with Crippen molar-refractivity contribution in [1.82, 2.24) is 9.88 Å². The van der Waals surface area contributed by atoms with E-state index in [0.717, 1.165) is 5.56 Å². The Hall–Kier alpha value is -2.05. The third-order valence-electron chi connectivity index (χ3n) is 3.50. The summed E-state index contributed by atoms with van der Waals surface area (Å²) in [5, 5.41) is 13.2. The van der Waals surface area contributed by atoms with E-state index in [4.69, 9.17) is 0 Å². The number of amides is 1. The summed E-state index contributed by atoms with van der Waals surface area (Å²) in [4.78, 5) is 24.8. The van der Waals surface area contributed by atoms with Crippen molar-refractivity contribution < 1.29 is 9.90 Å². The van der Waals surface area contributed by atoms with Gasteiger partial charge in [-0.25, -0.2) is 0 Å². The molecule has 0 aliphatic heterocycles. The summed E-state index contributed by atoms with van der Waals surface area (Å²) in [7, 11) is 0. The van der Waals surface area contributed by atoms with Gasteiger partial charge < -0.3 is 15.0 Å². The molecule has 0 saturated heterocycles. The maximum atomic E-state index is 12.0. The second-order valence-electron chi connectivity index (χ2n) is 6.14. The smallest absolute Gasteiger partial charge is 0.250 e. The molecule has 0 radical (unpaired) electrons. The minimum absolute atomic E-state index is 0.113. The molecule has 2 N–H and O–H groups in total. The lowest BCUT2D eigenvalue weighted by Gasteiger charge is -2.13. The Labute approximate surface area is 152 Å². The molecule has 0 aliphatic carbocycles. The number of aliphatic hydroxyl groups is 1. The zero-order chi connectivity index (χ0) is 18.2. The Bertz CT molecular complexity index is 741. The van der Waals surface area contributed by atoms with Gasteiger partial charge in [-0.2, -0.15) is 0 Å². The summed E-state index contributed by atoms with van der Waals surface area (Å²) >= 11 is 1.78. The summed E-state index contributed by atoms with van der Waals surface area (Å²) in [5.41, 5.74) is 0.756. The molecule has 1 amide bonds. The fraction of sp³-hybridized carbons (Fsp3) is 0.368. The normalized spacial score (nSPS) is 12.2. The summed E-state index contributed by atoms with van der Waals surface area (Å²) in [6, 6.07) is 12.8. The van der Waals surface area contributed by atoms with Crippen LogP contribution in [0, 0.1) is 0 Å². The van der Waals surface area contributed by atoms with Crippen LogP contribution in [0.15, 0.2) is 58.4 Å². The molecule has 1 heterocycles. The van der Waals surface area contributed by atoms with E-state index in [0.29, 0.717) is 5.25 Å². The van der Waals surface area contributed by atoms with Crippen LogP contribution in [0.3, 0.4) is 0 Å². The Kier molecular flexibility index (Phi) is 7.28. The molecule has 5 nitrogen and oxygen atoms in total. The van der Waals surface area contributed by atoms with E-state index in [1.165, 1.54) is 15.5 Å². The van der Waals surface area contributed by atoms with Crippen molar-refractivity contribution in [3.63, 3.8) is 0 Å². The van der Waals surface area contributed by atoms with Crippen LogP contribution in [0.5, 0.6) is 0 Å². The van der Waals surface area contributed by atoms with Gasteiger partial charge >= 0.3 is 0 Å². The Morgan fingerprint density at radius 1 is 1.20 bits per heavy atom. The lowest BCUT2D eigenvalue weighted by atomic mass is 10.1. The molecule has 1 atom stereocenters. The molecule has 0 fully saturated rings. The third-order valence-corrected chi connectivity index (χ3v) is 4.52. The van der Waals surface area contributed by atoms with Crippen LogP contribution in [0.1, 0.15) is 19.4 Å². The number of hydrogen-bond acceptors (Lipinski definition) is 4. The van der Waals surface area contributed by atoms with Crippen molar-refractivity contribution in [2.24, 2.45) is 0 Å². The van der Waals surface area contributed by atoms with Gasteiger partial charge in [0.15, 0.2) is 0 Å². The monoisotopic (exact) mass is 360 g/mol. The number of carbonyl (C=O) groups excluding carboxylic acids is 1. The van der Waals surface area contributed by atoms with E-state index in [1.807, 2.05) is 24.3 Å². The Morgan fingerprint density at radius 2 is 1.92 bits per heavy atom. The topological polar surface area (TPSA) is 71.3 Å². The molecule has 1 aromatic carbocycles. The standard InChI is InChI=1S/C19H24N2O3S/c1-14(2)25-17-8-6-15(7-9-17)11-18(23)20-12-16(22)13-21-10-4-3-5-19(21)24/h3-10,14,16,22H,11-13H2,1-2H3,(H,20,23)/t16-/m1/s1. The molecule has 2 aromatic rings. The van der Waals surface area contributed by atoms with E-state index in [2.05, 4.69) is 19.2 Å². The highest BCUT2D eigenvalue weighted by Crippen LogP contribution is 2.22. The number of nitrogens with zero attached hydrogens (tertiary/aromatic N) is 1. The number of aromatic nitrogens is 1. The quantitative estimate of drug-likeness (QED) is 0.707. The highest BCUT2D eigenvalue weighted by atomic mass is 32.2. The average Bonchev–Trinajstić information content (AvgIpc) is 2.56. The van der Waals surface area contributed by atoms with Crippen molar-refractivity contribution in [2.75, 3.05) is 6.54 Å². The fourth-order valence-electron chi connectivity index (χ4n) is 2.34. The lowest BCUT2D eigenvalue weighted by molar-refractivity contribution is -0.120. The van der Waals surface area contributed by atoms with Crippen LogP contribution < -0.4 is 10.9 Å². The molecule has 2 rings (SSSR count). The Morgan fingerprint density at radius 3 is 2.56 bits per heavy atom. The summed E-state index contributed by atoms with van der Waals surface area (Å²) < 4.78 is 1.42. The molecule has 0 spiro atoms. The highest BCUT2D eigenvalue weighted by molar-refractivity contribution is 7.99. The number of aliphatic hydroxyl groups excluding tert-OH is 1. The molecule has 0 unspecified atom stereocenters. The molecular formula is C19H24N2O3S. The minimum atomic E-state index is -0.811. The number of nitrogens with one attached hydrogen (secondary N) is 1. The molecule has 134 valence electrons. The van der Waals surface area contributed by atoms with Crippen molar-refractivity contribution >= 4 is 17.7 Å². The molecule has 0 saturated carbocycles. The van der Waals surface area contributed by atoms with E-state index in [9.17, 15) is 14.7 Å². The maximum Gasteiger partial charge on any atom is 0.250 e. The number of hydrogen-bond donors (Lipinski definition) is 2. The molecule has 0 aliphatic rings. The summed E-state index contributed by atoms with van der Waals surface area (Å²) in [5.74, 6) is -0.149. The number of carbonyl (C=O) groups is 1. The predicted octanol–water partition coefficient (Wildman–Crippen LogP) is 2.07. The number of benzene rings is 1. The summed E-state index contributed by atoms with van der Waals surface area (Å²) in [6.07, 6.45) is 1.07. The predicted molar refractivity (Wildman–Crippen MR) is 101 cm³/mol. The summed E-state index contributed by atoms with van der Waals surface area (Å²) in [6.45, 7) is 4.55. The van der Waals surface area contributed by atoms with Crippen LogP contribution in [0.2, 0.25) is 0 Å². The van der Waals surface area contributed by atoms with Crippen LogP contribution in [0.25, 0.3) is 0 Å². The van der Waals surface area contributed by atoms with E-state index in [1.54, 1.807) is 30.1 Å². The van der Waals surface area contributed by atoms with E-state index >= 15 is 0 Å². The number of thioether (sulfide) groups is 1. The average molecular weight is 360 g/mol. The van der Waals surface area contributed by atoms with Gasteiger partial charge in [0.2, 0.25) is 5.91 Å². The zero-order valence-corrected chi connectivity index (χ0v) is 15.3. The molecule has 6 heteroatoms. The molecule has 0 bridgehead atoms. The van der Waals surface area contributed by atoms with Gasteiger partial charge in [-0.3, -0.25) is 9.59 Å². The van der Waals surface area contributed by atoms with Gasteiger partial charge in [0.05, 0.1) is 19.1 Å². The first-order chi connectivity index (χ1) is 11.9. The second kappa shape index (κ2) is 9.44. The highest BCUT2D eigenvalue weighted by Gasteiger charge is 2.09. The van der Waals surface area contributed by atoms with Crippen molar-refractivity contribution in [1.29, 1.82) is 0 Å². The van der Waals surface area contributed by atoms with Crippen LogP contribution in [0.4, 0.5) is 0 Å². The maximum absolute atomic E-state index is 12.0. The van der Waals surface area contributed by atoms with Crippen molar-refractivity contribution in [2.45, 2.75) is 43.1 Å². The van der Waals surface area contributed by atoms with Gasteiger partial charge in [-0.05, 0) is 23.8 Å².